The molecule has 30 heavy (non-hydrogen) atoms. The van der Waals surface area contributed by atoms with Crippen LogP contribution in [0.4, 0.5) is 5.13 Å². The van der Waals surface area contributed by atoms with Gasteiger partial charge >= 0.3 is 0 Å². The molecule has 0 saturated heterocycles. The van der Waals surface area contributed by atoms with Crippen LogP contribution < -0.4 is 5.32 Å². The second-order valence-corrected chi connectivity index (χ2v) is 8.20. The van der Waals surface area contributed by atoms with E-state index in [0.29, 0.717) is 10.9 Å². The highest BCUT2D eigenvalue weighted by molar-refractivity contribution is 7.15. The molecule has 3 heterocycles. The Balaban J connectivity index is 1.36. The lowest BCUT2D eigenvalue weighted by atomic mass is 10.0. The molecule has 0 spiro atoms. The number of hydrogen-bond donors (Lipinski definition) is 1. The molecule has 148 valence electrons. The van der Waals surface area contributed by atoms with Gasteiger partial charge in [0, 0.05) is 28.9 Å². The standard InChI is InChI=1S/C22H18N6OS/c1-13-10-14(2)28-21(24-13)25-19(27-28)20(29)26-22-23-12-17(30-22)11-16-8-5-7-15-6-3-4-9-18(15)16/h3-10,12H,11H2,1-2H3,(H,23,26,29). The Morgan fingerprint density at radius 3 is 2.83 bits per heavy atom. The van der Waals surface area contributed by atoms with Crippen molar-refractivity contribution in [2.75, 3.05) is 5.32 Å². The van der Waals surface area contributed by atoms with E-state index in [4.69, 9.17) is 0 Å². The second-order valence-electron chi connectivity index (χ2n) is 7.09. The summed E-state index contributed by atoms with van der Waals surface area (Å²) in [4.78, 5) is 26.6. The molecule has 0 aliphatic carbocycles. The maximum absolute atomic E-state index is 12.6. The van der Waals surface area contributed by atoms with E-state index in [0.717, 1.165) is 22.7 Å². The number of aromatic nitrogens is 5. The van der Waals surface area contributed by atoms with Gasteiger partial charge in [-0.05, 0) is 36.2 Å². The van der Waals surface area contributed by atoms with E-state index in [1.165, 1.54) is 27.7 Å². The molecule has 3 aromatic heterocycles. The van der Waals surface area contributed by atoms with E-state index < -0.39 is 5.91 Å². The van der Waals surface area contributed by atoms with Crippen molar-refractivity contribution in [3.8, 4) is 0 Å². The molecular weight excluding hydrogens is 396 g/mol. The van der Waals surface area contributed by atoms with E-state index in [2.05, 4.69) is 55.7 Å². The molecule has 0 radical (unpaired) electrons. The fraction of sp³-hybridized carbons (Fsp3) is 0.136. The van der Waals surface area contributed by atoms with Crippen LogP contribution in [0.1, 0.15) is 32.4 Å². The largest absolute Gasteiger partial charge is 0.297 e. The first-order valence-electron chi connectivity index (χ1n) is 9.50. The number of hydrogen-bond acceptors (Lipinski definition) is 6. The van der Waals surface area contributed by atoms with Gasteiger partial charge in [0.05, 0.1) is 0 Å². The predicted molar refractivity (Wildman–Crippen MR) is 117 cm³/mol. The van der Waals surface area contributed by atoms with E-state index in [-0.39, 0.29) is 5.82 Å². The molecule has 5 rings (SSSR count). The first-order valence-corrected chi connectivity index (χ1v) is 10.3. The van der Waals surface area contributed by atoms with Crippen LogP contribution in [0, 0.1) is 13.8 Å². The zero-order valence-corrected chi connectivity index (χ0v) is 17.3. The van der Waals surface area contributed by atoms with Crippen molar-refractivity contribution in [2.45, 2.75) is 20.3 Å². The summed E-state index contributed by atoms with van der Waals surface area (Å²) < 4.78 is 1.57. The molecule has 5 aromatic rings. The summed E-state index contributed by atoms with van der Waals surface area (Å²) in [6.07, 6.45) is 2.55. The molecule has 1 N–H and O–H groups in total. The quantitative estimate of drug-likeness (QED) is 0.477. The highest BCUT2D eigenvalue weighted by atomic mass is 32.1. The van der Waals surface area contributed by atoms with E-state index in [1.54, 1.807) is 10.7 Å². The summed E-state index contributed by atoms with van der Waals surface area (Å²) in [5.74, 6) is 0.0825. The molecule has 0 saturated carbocycles. The van der Waals surface area contributed by atoms with Crippen molar-refractivity contribution in [3.63, 3.8) is 0 Å². The van der Waals surface area contributed by atoms with Gasteiger partial charge in [-0.1, -0.05) is 42.5 Å². The maximum atomic E-state index is 12.6. The molecule has 0 aliphatic heterocycles. The zero-order valence-electron chi connectivity index (χ0n) is 16.5. The van der Waals surface area contributed by atoms with Crippen molar-refractivity contribution >= 4 is 38.9 Å². The third kappa shape index (κ3) is 3.42. The number of nitrogens with one attached hydrogen (secondary N) is 1. The Hall–Kier alpha value is -3.65. The van der Waals surface area contributed by atoms with Gasteiger partial charge in [0.1, 0.15) is 0 Å². The summed E-state index contributed by atoms with van der Waals surface area (Å²) in [5.41, 5.74) is 2.93. The van der Waals surface area contributed by atoms with Gasteiger partial charge < -0.3 is 0 Å². The van der Waals surface area contributed by atoms with Gasteiger partial charge in [0.25, 0.3) is 11.7 Å². The van der Waals surface area contributed by atoms with Crippen LogP contribution in [0.5, 0.6) is 0 Å². The van der Waals surface area contributed by atoms with E-state index >= 15 is 0 Å². The van der Waals surface area contributed by atoms with Crippen LogP contribution >= 0.6 is 11.3 Å². The minimum Gasteiger partial charge on any atom is -0.295 e. The highest BCUT2D eigenvalue weighted by Crippen LogP contribution is 2.25. The molecule has 0 bridgehead atoms. The number of amides is 1. The average molecular weight is 414 g/mol. The lowest BCUT2D eigenvalue weighted by molar-refractivity contribution is 0.101. The van der Waals surface area contributed by atoms with Crippen molar-refractivity contribution in [2.24, 2.45) is 0 Å². The Morgan fingerprint density at radius 1 is 1.10 bits per heavy atom. The molecule has 0 atom stereocenters. The van der Waals surface area contributed by atoms with Gasteiger partial charge in [0.2, 0.25) is 5.82 Å². The Morgan fingerprint density at radius 2 is 1.93 bits per heavy atom. The van der Waals surface area contributed by atoms with Crippen molar-refractivity contribution < 1.29 is 4.79 Å². The van der Waals surface area contributed by atoms with E-state index in [9.17, 15) is 4.79 Å². The highest BCUT2D eigenvalue weighted by Gasteiger charge is 2.17. The van der Waals surface area contributed by atoms with Crippen molar-refractivity contribution in [3.05, 3.63) is 82.4 Å². The van der Waals surface area contributed by atoms with Crippen LogP contribution in [-0.2, 0) is 6.42 Å². The summed E-state index contributed by atoms with van der Waals surface area (Å²) in [7, 11) is 0. The Kier molecular flexibility index (Phi) is 4.48. The number of rotatable bonds is 4. The summed E-state index contributed by atoms with van der Waals surface area (Å²) in [6.45, 7) is 3.78. The molecular formula is C22H18N6OS. The normalized spacial score (nSPS) is 11.3. The first-order chi connectivity index (χ1) is 14.6. The van der Waals surface area contributed by atoms with Crippen LogP contribution in [0.15, 0.2) is 54.7 Å². The number of benzene rings is 2. The van der Waals surface area contributed by atoms with Gasteiger partial charge in [0.15, 0.2) is 5.13 Å². The third-order valence-corrected chi connectivity index (χ3v) is 5.75. The number of nitrogens with zero attached hydrogens (tertiary/aromatic N) is 5. The number of thiazole rings is 1. The molecule has 0 fully saturated rings. The number of fused-ring (bicyclic) bond motifs is 2. The average Bonchev–Trinajstić information content (AvgIpc) is 3.35. The second kappa shape index (κ2) is 7.31. The molecule has 0 unspecified atom stereocenters. The lowest BCUT2D eigenvalue weighted by Crippen LogP contribution is -2.13. The van der Waals surface area contributed by atoms with Gasteiger partial charge in [-0.3, -0.25) is 10.1 Å². The summed E-state index contributed by atoms with van der Waals surface area (Å²) in [5, 5.41) is 10.0. The number of anilines is 1. The van der Waals surface area contributed by atoms with Gasteiger partial charge in [-0.25, -0.2) is 14.5 Å². The van der Waals surface area contributed by atoms with Gasteiger partial charge in [-0.2, -0.15) is 4.98 Å². The Labute approximate surface area is 176 Å². The molecule has 0 aliphatic rings. The SMILES string of the molecule is Cc1cc(C)n2nc(C(=O)Nc3ncc(Cc4cccc5ccccc45)s3)nc2n1. The van der Waals surface area contributed by atoms with Crippen molar-refractivity contribution in [1.29, 1.82) is 0 Å². The van der Waals surface area contributed by atoms with Crippen LogP contribution in [0.3, 0.4) is 0 Å². The fourth-order valence-corrected chi connectivity index (χ4v) is 4.33. The van der Waals surface area contributed by atoms with Crippen LogP contribution in [0.25, 0.3) is 16.6 Å². The minimum atomic E-state index is -0.399. The monoisotopic (exact) mass is 414 g/mol. The smallest absolute Gasteiger partial charge is 0.295 e. The third-order valence-electron chi connectivity index (χ3n) is 4.84. The molecule has 8 heteroatoms. The fourth-order valence-electron chi connectivity index (χ4n) is 3.50. The first kappa shape index (κ1) is 18.4. The summed E-state index contributed by atoms with van der Waals surface area (Å²) >= 11 is 1.45. The maximum Gasteiger partial charge on any atom is 0.297 e. The number of carbonyl (C=O) groups is 1. The van der Waals surface area contributed by atoms with Crippen molar-refractivity contribution in [1.82, 2.24) is 24.6 Å². The number of aryl methyl sites for hydroxylation is 2. The van der Waals surface area contributed by atoms with Crippen LogP contribution in [-0.4, -0.2) is 30.5 Å². The van der Waals surface area contributed by atoms with Gasteiger partial charge in [-0.15, -0.1) is 16.4 Å². The topological polar surface area (TPSA) is 85.1 Å². The predicted octanol–water partition coefficient (Wildman–Crippen LogP) is 4.19. The Bertz CT molecular complexity index is 1400. The molecule has 1 amide bonds. The summed E-state index contributed by atoms with van der Waals surface area (Å²) in [6, 6.07) is 16.5. The van der Waals surface area contributed by atoms with E-state index in [1.807, 2.05) is 32.0 Å². The lowest BCUT2D eigenvalue weighted by Gasteiger charge is -2.04. The number of carbonyl (C=O) groups excluding carboxylic acids is 1. The minimum absolute atomic E-state index is 0.0713. The van der Waals surface area contributed by atoms with Crippen LogP contribution in [0.2, 0.25) is 0 Å². The molecule has 7 nitrogen and oxygen atoms in total. The molecule has 2 aromatic carbocycles. The zero-order chi connectivity index (χ0) is 20.7.